The number of aliphatic hydroxyl groups excluding tert-OH is 1. The maximum atomic E-state index is 13.5. The van der Waals surface area contributed by atoms with Crippen molar-refractivity contribution in [2.75, 3.05) is 26.4 Å². The number of azide groups is 1. The van der Waals surface area contributed by atoms with Gasteiger partial charge in [0.2, 0.25) is 0 Å². The Balaban J connectivity index is 1.86. The summed E-state index contributed by atoms with van der Waals surface area (Å²) in [6.07, 6.45) is 8.75. The molecule has 1 heterocycles. The average Bonchev–Trinajstić information content (AvgIpc) is 3.26. The molecule has 16 nitrogen and oxygen atoms in total. The number of carbonyl (C=O) groups excluding carboxylic acids is 4. The fraction of sp³-hybridized carbons (Fsp3) is 0.640. The van der Waals surface area contributed by atoms with Crippen LogP contribution in [-0.4, -0.2) is 109 Å². The molecule has 2 aromatic rings. The lowest BCUT2D eigenvalue weighted by Crippen LogP contribution is -2.62. The molecule has 1 aliphatic heterocycles. The van der Waals surface area contributed by atoms with Gasteiger partial charge in [-0.15, -0.1) is 0 Å². The van der Waals surface area contributed by atoms with E-state index in [0.717, 1.165) is 19.3 Å². The van der Waals surface area contributed by atoms with Gasteiger partial charge < -0.3 is 43.0 Å². The second-order valence-corrected chi connectivity index (χ2v) is 18.3. The summed E-state index contributed by atoms with van der Waals surface area (Å²) in [5, 5.41) is 15.9. The Morgan fingerprint density at radius 3 is 1.82 bits per heavy atom. The van der Waals surface area contributed by atoms with Gasteiger partial charge in [-0.05, 0) is 90.3 Å². The van der Waals surface area contributed by atoms with Crippen molar-refractivity contribution >= 4 is 23.9 Å². The summed E-state index contributed by atoms with van der Waals surface area (Å²) in [5.74, 6) is -2.92. The minimum absolute atomic E-state index is 0.153. The zero-order valence-electron chi connectivity index (χ0n) is 40.0. The van der Waals surface area contributed by atoms with Crippen molar-refractivity contribution < 1.29 is 62.2 Å². The van der Waals surface area contributed by atoms with Gasteiger partial charge in [-0.3, -0.25) is 0 Å². The molecule has 0 amide bonds. The average molecular weight is 924 g/mol. The van der Waals surface area contributed by atoms with E-state index in [1.807, 2.05) is 6.08 Å². The normalized spacial score (nSPS) is 19.6. The molecule has 66 heavy (non-hydrogen) atoms. The Morgan fingerprint density at radius 2 is 1.27 bits per heavy atom. The SMILES string of the molecule is CCCCCCCCCCCCC/C=C/[C@@H](OC(=O)c1ccccc1)[C@H](CO[C@H]1O[C@H](COCC(=O)OC(C)(C)C)[C@H](OCC(=O)OC(C)(C)C)[C@H](O)[C@H]1OC(=O)c1ccccc1)N=[N+]=[N-]. The fourth-order valence-corrected chi connectivity index (χ4v) is 7.05. The molecule has 0 unspecified atom stereocenters. The highest BCUT2D eigenvalue weighted by molar-refractivity contribution is 5.90. The predicted octanol–water partition coefficient (Wildman–Crippen LogP) is 9.56. The number of rotatable bonds is 29. The van der Waals surface area contributed by atoms with Crippen molar-refractivity contribution in [1.29, 1.82) is 0 Å². The molecule has 366 valence electrons. The summed E-state index contributed by atoms with van der Waals surface area (Å²) in [4.78, 5) is 55.3. The number of hydrogen-bond acceptors (Lipinski definition) is 14. The Hall–Kier alpha value is -4.83. The summed E-state index contributed by atoms with van der Waals surface area (Å²) in [6, 6.07) is 15.2. The van der Waals surface area contributed by atoms with Crippen LogP contribution in [0.25, 0.3) is 10.4 Å². The highest BCUT2D eigenvalue weighted by atomic mass is 16.7. The highest BCUT2D eigenvalue weighted by Crippen LogP contribution is 2.29. The van der Waals surface area contributed by atoms with Gasteiger partial charge in [0.15, 0.2) is 12.4 Å². The van der Waals surface area contributed by atoms with Gasteiger partial charge in [-0.2, -0.15) is 0 Å². The number of esters is 4. The van der Waals surface area contributed by atoms with Crippen LogP contribution in [0.15, 0.2) is 77.9 Å². The molecule has 16 heteroatoms. The first-order chi connectivity index (χ1) is 31.5. The zero-order chi connectivity index (χ0) is 48.4. The van der Waals surface area contributed by atoms with E-state index in [1.165, 1.54) is 63.5 Å². The van der Waals surface area contributed by atoms with E-state index in [9.17, 15) is 29.8 Å². The molecule has 1 fully saturated rings. The van der Waals surface area contributed by atoms with Gasteiger partial charge in [0.1, 0.15) is 54.9 Å². The molecule has 7 atom stereocenters. The van der Waals surface area contributed by atoms with E-state index in [-0.39, 0.29) is 17.7 Å². The first kappa shape index (κ1) is 55.5. The summed E-state index contributed by atoms with van der Waals surface area (Å²) < 4.78 is 46.6. The number of carbonyl (C=O) groups is 4. The van der Waals surface area contributed by atoms with Crippen molar-refractivity contribution in [2.45, 2.75) is 180 Å². The standard InChI is InChI=1S/C50H73N3O13/c1-8-9-10-11-12-13-14-15-16-17-18-19-26-31-39(62-46(57)36-27-22-20-23-28-36)38(52-53-51)32-61-48-45(64-47(58)37-29-24-21-25-30-37)43(56)44(60-35-42(55)66-50(5,6)7)40(63-48)33-59-34-41(54)65-49(2,3)4/h20-31,38-40,43-45,48,56H,8-19,32-35H2,1-7H3/b31-26+/t38-,39+,40+,43-,44-,45+,48-/m0/s1. The maximum absolute atomic E-state index is 13.5. The molecule has 0 spiro atoms. The van der Waals surface area contributed by atoms with E-state index >= 15 is 0 Å². The number of aliphatic hydroxyl groups is 1. The van der Waals surface area contributed by atoms with Gasteiger partial charge in [0.25, 0.3) is 0 Å². The predicted molar refractivity (Wildman–Crippen MR) is 247 cm³/mol. The van der Waals surface area contributed by atoms with E-state index in [1.54, 1.807) is 96.1 Å². The molecular weight excluding hydrogens is 851 g/mol. The molecule has 1 aliphatic rings. The van der Waals surface area contributed by atoms with Crippen LogP contribution in [0.1, 0.15) is 146 Å². The first-order valence-corrected chi connectivity index (χ1v) is 23.3. The lowest BCUT2D eigenvalue weighted by atomic mass is 9.98. The van der Waals surface area contributed by atoms with Gasteiger partial charge in [0.05, 0.1) is 24.3 Å². The lowest BCUT2D eigenvalue weighted by molar-refractivity contribution is -0.309. The number of benzene rings is 2. The Bertz CT molecular complexity index is 1810. The van der Waals surface area contributed by atoms with E-state index < -0.39 is 97.8 Å². The van der Waals surface area contributed by atoms with Crippen LogP contribution in [-0.2, 0) is 47.5 Å². The molecule has 0 bridgehead atoms. The second-order valence-electron chi connectivity index (χ2n) is 18.3. The largest absolute Gasteiger partial charge is 0.458 e. The minimum atomic E-state index is -1.72. The summed E-state index contributed by atoms with van der Waals surface area (Å²) in [7, 11) is 0. The van der Waals surface area contributed by atoms with Crippen LogP contribution in [0.4, 0.5) is 0 Å². The van der Waals surface area contributed by atoms with Gasteiger partial charge in [0, 0.05) is 4.91 Å². The monoisotopic (exact) mass is 924 g/mol. The Kier molecular flexibility index (Phi) is 25.0. The lowest BCUT2D eigenvalue weighted by Gasteiger charge is -2.43. The molecule has 1 N–H and O–H groups in total. The number of allylic oxidation sites excluding steroid dienone is 1. The molecule has 2 aromatic carbocycles. The van der Waals surface area contributed by atoms with Crippen LogP contribution >= 0.6 is 0 Å². The minimum Gasteiger partial charge on any atom is -0.458 e. The van der Waals surface area contributed by atoms with Crippen molar-refractivity contribution in [3.05, 3.63) is 94.4 Å². The third-order valence-corrected chi connectivity index (χ3v) is 10.2. The van der Waals surface area contributed by atoms with E-state index in [2.05, 4.69) is 16.9 Å². The van der Waals surface area contributed by atoms with Crippen LogP contribution in [0.5, 0.6) is 0 Å². The van der Waals surface area contributed by atoms with Crippen molar-refractivity contribution in [2.24, 2.45) is 5.11 Å². The van der Waals surface area contributed by atoms with Crippen LogP contribution in [0, 0.1) is 0 Å². The number of hydrogen-bond donors (Lipinski definition) is 1. The molecule has 0 radical (unpaired) electrons. The van der Waals surface area contributed by atoms with Gasteiger partial charge in [-0.25, -0.2) is 19.2 Å². The van der Waals surface area contributed by atoms with E-state index in [4.69, 9.17) is 37.9 Å². The quantitative estimate of drug-likeness (QED) is 0.0153. The molecule has 0 aromatic heterocycles. The number of unbranched alkanes of at least 4 members (excludes halogenated alkanes) is 11. The summed E-state index contributed by atoms with van der Waals surface area (Å²) in [5.41, 5.74) is 8.55. The van der Waals surface area contributed by atoms with Crippen molar-refractivity contribution in [1.82, 2.24) is 0 Å². The highest BCUT2D eigenvalue weighted by Gasteiger charge is 2.49. The van der Waals surface area contributed by atoms with Crippen LogP contribution in [0.2, 0.25) is 0 Å². The van der Waals surface area contributed by atoms with Crippen molar-refractivity contribution in [3.63, 3.8) is 0 Å². The molecule has 1 saturated heterocycles. The second kappa shape index (κ2) is 29.7. The third kappa shape index (κ3) is 22.1. The van der Waals surface area contributed by atoms with Gasteiger partial charge in [-0.1, -0.05) is 119 Å². The van der Waals surface area contributed by atoms with Crippen LogP contribution in [0.3, 0.4) is 0 Å². The molecule has 0 aliphatic carbocycles. The first-order valence-electron chi connectivity index (χ1n) is 23.3. The van der Waals surface area contributed by atoms with E-state index in [0.29, 0.717) is 6.42 Å². The maximum Gasteiger partial charge on any atom is 0.338 e. The molecular formula is C50H73N3O13. The topological polar surface area (TPSA) is 211 Å². The Morgan fingerprint density at radius 1 is 0.742 bits per heavy atom. The molecule has 0 saturated carbocycles. The molecule has 3 rings (SSSR count). The zero-order valence-corrected chi connectivity index (χ0v) is 40.0. The third-order valence-electron chi connectivity index (χ3n) is 10.2. The summed E-state index contributed by atoms with van der Waals surface area (Å²) in [6.45, 7) is 10.4. The smallest absolute Gasteiger partial charge is 0.338 e. The van der Waals surface area contributed by atoms with Crippen molar-refractivity contribution in [3.8, 4) is 0 Å². The van der Waals surface area contributed by atoms with Crippen LogP contribution < -0.4 is 0 Å². The fourth-order valence-electron chi connectivity index (χ4n) is 7.05. The summed E-state index contributed by atoms with van der Waals surface area (Å²) >= 11 is 0. The number of nitrogens with zero attached hydrogens (tertiary/aromatic N) is 3. The van der Waals surface area contributed by atoms with Gasteiger partial charge >= 0.3 is 23.9 Å². The number of ether oxygens (including phenoxy) is 8. The Labute approximate surface area is 390 Å².